The summed E-state index contributed by atoms with van der Waals surface area (Å²) in [5.74, 6) is -0.349. The number of amides is 2. The van der Waals surface area contributed by atoms with Gasteiger partial charge in [-0.05, 0) is 43.0 Å². The van der Waals surface area contributed by atoms with E-state index >= 15 is 0 Å². The van der Waals surface area contributed by atoms with E-state index in [1.165, 1.54) is 11.3 Å². The second-order valence-corrected chi connectivity index (χ2v) is 7.78. The Morgan fingerprint density at radius 1 is 1.07 bits per heavy atom. The SMILES string of the molecule is O=C(NCC(=O)N1CCCC1CN1CCc2ccccc21)c1ccccc1Cl. The Bertz CT molecular complexity index is 886. The van der Waals surface area contributed by atoms with Crippen LogP contribution in [0.25, 0.3) is 0 Å². The largest absolute Gasteiger partial charge is 0.369 e. The predicted molar refractivity (Wildman–Crippen MR) is 111 cm³/mol. The van der Waals surface area contributed by atoms with Crippen molar-refractivity contribution >= 4 is 29.1 Å². The van der Waals surface area contributed by atoms with Crippen LogP contribution in [0.3, 0.4) is 0 Å². The predicted octanol–water partition coefficient (Wildman–Crippen LogP) is 3.12. The monoisotopic (exact) mass is 397 g/mol. The van der Waals surface area contributed by atoms with E-state index in [0.717, 1.165) is 38.9 Å². The van der Waals surface area contributed by atoms with Gasteiger partial charge < -0.3 is 15.1 Å². The topological polar surface area (TPSA) is 52.7 Å². The standard InChI is InChI=1S/C22H24ClN3O2/c23-19-9-3-2-8-18(19)22(28)24-14-21(27)26-12-5-7-17(26)15-25-13-11-16-6-1-4-10-20(16)25/h1-4,6,8-10,17H,5,7,11-15H2,(H,24,28). The molecule has 2 amide bonds. The van der Waals surface area contributed by atoms with Gasteiger partial charge >= 0.3 is 0 Å². The van der Waals surface area contributed by atoms with Crippen LogP contribution in [0.1, 0.15) is 28.8 Å². The maximum Gasteiger partial charge on any atom is 0.253 e. The van der Waals surface area contributed by atoms with E-state index in [1.807, 2.05) is 4.90 Å². The van der Waals surface area contributed by atoms with E-state index in [-0.39, 0.29) is 24.4 Å². The summed E-state index contributed by atoms with van der Waals surface area (Å²) >= 11 is 6.06. The summed E-state index contributed by atoms with van der Waals surface area (Å²) in [5.41, 5.74) is 3.06. The number of anilines is 1. The minimum Gasteiger partial charge on any atom is -0.369 e. The maximum atomic E-state index is 12.8. The van der Waals surface area contributed by atoms with E-state index in [9.17, 15) is 9.59 Å². The molecule has 0 bridgehead atoms. The molecule has 0 spiro atoms. The first kappa shape index (κ1) is 18.8. The van der Waals surface area contributed by atoms with Crippen LogP contribution in [0.4, 0.5) is 5.69 Å². The van der Waals surface area contributed by atoms with E-state index < -0.39 is 0 Å². The number of fused-ring (bicyclic) bond motifs is 1. The van der Waals surface area contributed by atoms with E-state index in [2.05, 4.69) is 34.5 Å². The lowest BCUT2D eigenvalue weighted by Gasteiger charge is -2.30. The van der Waals surface area contributed by atoms with Crippen molar-refractivity contribution in [3.63, 3.8) is 0 Å². The molecule has 1 N–H and O–H groups in total. The molecule has 1 unspecified atom stereocenters. The lowest BCUT2D eigenvalue weighted by Crippen LogP contribution is -2.46. The molecule has 28 heavy (non-hydrogen) atoms. The number of halogens is 1. The molecular weight excluding hydrogens is 374 g/mol. The van der Waals surface area contributed by atoms with Gasteiger partial charge in [-0.1, -0.05) is 41.9 Å². The number of carbonyl (C=O) groups is 2. The Morgan fingerprint density at radius 2 is 1.86 bits per heavy atom. The third-order valence-corrected chi connectivity index (χ3v) is 5.96. The number of likely N-dealkylation sites (tertiary alicyclic amines) is 1. The summed E-state index contributed by atoms with van der Waals surface area (Å²) < 4.78 is 0. The summed E-state index contributed by atoms with van der Waals surface area (Å²) in [7, 11) is 0. The Balaban J connectivity index is 1.35. The summed E-state index contributed by atoms with van der Waals surface area (Å²) in [6, 6.07) is 15.5. The van der Waals surface area contributed by atoms with Crippen molar-refractivity contribution < 1.29 is 9.59 Å². The minimum atomic E-state index is -0.317. The fourth-order valence-electron chi connectivity index (χ4n) is 4.20. The molecule has 2 heterocycles. The van der Waals surface area contributed by atoms with Gasteiger partial charge in [0.2, 0.25) is 5.91 Å². The molecule has 5 nitrogen and oxygen atoms in total. The quantitative estimate of drug-likeness (QED) is 0.843. The van der Waals surface area contributed by atoms with E-state index in [1.54, 1.807) is 24.3 Å². The number of rotatable bonds is 5. The minimum absolute atomic E-state index is 0.00283. The van der Waals surface area contributed by atoms with Crippen molar-refractivity contribution in [2.24, 2.45) is 0 Å². The summed E-state index contributed by atoms with van der Waals surface area (Å²) in [5, 5.41) is 3.11. The molecule has 2 aliphatic heterocycles. The van der Waals surface area contributed by atoms with Crippen molar-refractivity contribution in [1.82, 2.24) is 10.2 Å². The molecule has 2 aromatic rings. The molecule has 0 aliphatic carbocycles. The third-order valence-electron chi connectivity index (χ3n) is 5.63. The van der Waals surface area contributed by atoms with Gasteiger partial charge in [-0.2, -0.15) is 0 Å². The maximum absolute atomic E-state index is 12.8. The number of hydrogen-bond acceptors (Lipinski definition) is 3. The average molecular weight is 398 g/mol. The summed E-state index contributed by atoms with van der Waals surface area (Å²) in [6.45, 7) is 2.60. The molecule has 1 atom stereocenters. The summed E-state index contributed by atoms with van der Waals surface area (Å²) in [6.07, 6.45) is 3.07. The Labute approximate surface area is 170 Å². The summed E-state index contributed by atoms with van der Waals surface area (Å²) in [4.78, 5) is 29.4. The fraction of sp³-hybridized carbons (Fsp3) is 0.364. The van der Waals surface area contributed by atoms with Crippen molar-refractivity contribution in [2.75, 3.05) is 31.1 Å². The van der Waals surface area contributed by atoms with Gasteiger partial charge in [0.1, 0.15) is 0 Å². The zero-order valence-corrected chi connectivity index (χ0v) is 16.5. The van der Waals surface area contributed by atoms with Gasteiger partial charge in [0.05, 0.1) is 17.1 Å². The molecule has 146 valence electrons. The van der Waals surface area contributed by atoms with Crippen molar-refractivity contribution in [3.05, 3.63) is 64.7 Å². The number of hydrogen-bond donors (Lipinski definition) is 1. The van der Waals surface area contributed by atoms with Gasteiger partial charge in [0.25, 0.3) is 5.91 Å². The molecule has 1 fully saturated rings. The van der Waals surface area contributed by atoms with Crippen LogP contribution in [-0.2, 0) is 11.2 Å². The van der Waals surface area contributed by atoms with Crippen molar-refractivity contribution in [1.29, 1.82) is 0 Å². The number of nitrogens with one attached hydrogen (secondary N) is 1. The number of para-hydroxylation sites is 1. The van der Waals surface area contributed by atoms with Crippen LogP contribution in [0.5, 0.6) is 0 Å². The highest BCUT2D eigenvalue weighted by Gasteiger charge is 2.31. The Kier molecular flexibility index (Phi) is 5.53. The first-order valence-corrected chi connectivity index (χ1v) is 10.2. The van der Waals surface area contributed by atoms with Crippen LogP contribution >= 0.6 is 11.6 Å². The van der Waals surface area contributed by atoms with Crippen molar-refractivity contribution in [3.8, 4) is 0 Å². The van der Waals surface area contributed by atoms with Crippen LogP contribution < -0.4 is 10.2 Å². The van der Waals surface area contributed by atoms with Gasteiger partial charge in [-0.25, -0.2) is 0 Å². The van der Waals surface area contributed by atoms with Gasteiger partial charge in [-0.3, -0.25) is 9.59 Å². The third kappa shape index (κ3) is 3.85. The normalized spacial score (nSPS) is 18.2. The number of nitrogens with zero attached hydrogens (tertiary/aromatic N) is 2. The first-order valence-electron chi connectivity index (χ1n) is 9.78. The van der Waals surface area contributed by atoms with E-state index in [4.69, 9.17) is 11.6 Å². The van der Waals surface area contributed by atoms with Crippen LogP contribution in [0, 0.1) is 0 Å². The van der Waals surface area contributed by atoms with Crippen LogP contribution in [0.15, 0.2) is 48.5 Å². The smallest absolute Gasteiger partial charge is 0.253 e. The molecule has 2 aromatic carbocycles. The highest BCUT2D eigenvalue weighted by Crippen LogP contribution is 2.29. The Hall–Kier alpha value is -2.53. The molecule has 0 radical (unpaired) electrons. The second-order valence-electron chi connectivity index (χ2n) is 7.37. The fourth-order valence-corrected chi connectivity index (χ4v) is 4.42. The van der Waals surface area contributed by atoms with Crippen LogP contribution in [-0.4, -0.2) is 48.9 Å². The van der Waals surface area contributed by atoms with Gasteiger partial charge in [-0.15, -0.1) is 0 Å². The zero-order valence-electron chi connectivity index (χ0n) is 15.7. The van der Waals surface area contributed by atoms with Crippen LogP contribution in [0.2, 0.25) is 5.02 Å². The van der Waals surface area contributed by atoms with Gasteiger partial charge in [0, 0.05) is 31.4 Å². The number of carbonyl (C=O) groups excluding carboxylic acids is 2. The average Bonchev–Trinajstić information content (AvgIpc) is 3.34. The first-order chi connectivity index (χ1) is 13.6. The van der Waals surface area contributed by atoms with Crippen molar-refractivity contribution in [2.45, 2.75) is 25.3 Å². The molecule has 2 aliphatic rings. The molecule has 6 heteroatoms. The molecule has 4 rings (SSSR count). The Morgan fingerprint density at radius 3 is 2.71 bits per heavy atom. The molecule has 0 saturated carbocycles. The lowest BCUT2D eigenvalue weighted by molar-refractivity contribution is -0.130. The highest BCUT2D eigenvalue weighted by atomic mass is 35.5. The second kappa shape index (κ2) is 8.23. The van der Waals surface area contributed by atoms with E-state index in [0.29, 0.717) is 10.6 Å². The molecular formula is C22H24ClN3O2. The molecule has 0 aromatic heterocycles. The highest BCUT2D eigenvalue weighted by molar-refractivity contribution is 6.33. The lowest BCUT2D eigenvalue weighted by atomic mass is 10.1. The van der Waals surface area contributed by atoms with Gasteiger partial charge in [0.15, 0.2) is 0 Å². The number of benzene rings is 2. The zero-order chi connectivity index (χ0) is 19.5. The molecule has 1 saturated heterocycles.